The quantitative estimate of drug-likeness (QED) is 0.142. The molecule has 7 heteroatoms. The van der Waals surface area contributed by atoms with Crippen LogP contribution >= 0.6 is 0 Å². The van der Waals surface area contributed by atoms with E-state index in [1.54, 1.807) is 0 Å². The molecule has 0 fully saturated rings. The summed E-state index contributed by atoms with van der Waals surface area (Å²) < 4.78 is 19.4. The third kappa shape index (κ3) is 4.94. The van der Waals surface area contributed by atoms with E-state index in [9.17, 15) is 4.79 Å². The van der Waals surface area contributed by atoms with Crippen molar-refractivity contribution in [2.24, 2.45) is 5.92 Å². The molecule has 4 aromatic carbocycles. The van der Waals surface area contributed by atoms with Crippen LogP contribution in [0.25, 0.3) is 50.4 Å². The van der Waals surface area contributed by atoms with Crippen molar-refractivity contribution in [1.29, 1.82) is 0 Å². The molecule has 0 aliphatic carbocycles. The van der Waals surface area contributed by atoms with Crippen LogP contribution in [0.1, 0.15) is 20.3 Å². The number of rotatable bonds is 9. The lowest BCUT2D eigenvalue weighted by Gasteiger charge is -2.10. The molecular weight excluding hydrogens is 502 g/mol. The molecule has 0 spiro atoms. The van der Waals surface area contributed by atoms with Crippen LogP contribution in [0.3, 0.4) is 0 Å². The van der Waals surface area contributed by atoms with Gasteiger partial charge < -0.3 is 18.5 Å². The highest BCUT2D eigenvalue weighted by molar-refractivity contribution is 6.09. The van der Waals surface area contributed by atoms with Gasteiger partial charge in [-0.3, -0.25) is 4.79 Å². The van der Waals surface area contributed by atoms with Gasteiger partial charge in [-0.2, -0.15) is 0 Å². The summed E-state index contributed by atoms with van der Waals surface area (Å²) in [6.45, 7) is 4.27. The number of nitrogens with zero attached hydrogens (tertiary/aromatic N) is 3. The second-order valence-electron chi connectivity index (χ2n) is 9.69. The molecule has 0 aliphatic rings. The minimum absolute atomic E-state index is 0.113. The average molecular weight is 532 g/mol. The molecule has 2 heterocycles. The summed E-state index contributed by atoms with van der Waals surface area (Å²) in [6, 6.07) is 32.4. The van der Waals surface area contributed by atoms with E-state index >= 15 is 0 Å². The van der Waals surface area contributed by atoms with E-state index in [4.69, 9.17) is 13.9 Å². The second-order valence-corrected chi connectivity index (χ2v) is 9.69. The number of benzene rings is 4. The highest BCUT2D eigenvalue weighted by Gasteiger charge is 2.15. The van der Waals surface area contributed by atoms with Crippen LogP contribution in [0.2, 0.25) is 0 Å². The van der Waals surface area contributed by atoms with E-state index in [-0.39, 0.29) is 25.1 Å². The van der Waals surface area contributed by atoms with Gasteiger partial charge in [-0.1, -0.05) is 62.4 Å². The lowest BCUT2D eigenvalue weighted by atomic mass is 10.1. The molecule has 0 aliphatic heterocycles. The van der Waals surface area contributed by atoms with Gasteiger partial charge in [-0.15, -0.1) is 10.2 Å². The van der Waals surface area contributed by atoms with Gasteiger partial charge in [0.2, 0.25) is 11.8 Å². The Bertz CT molecular complexity index is 1750. The molecular formula is C33H29N3O4. The molecule has 7 nitrogen and oxygen atoms in total. The fraction of sp³-hybridized carbons (Fsp3) is 0.182. The first-order valence-corrected chi connectivity index (χ1v) is 13.4. The fourth-order valence-corrected chi connectivity index (χ4v) is 4.76. The predicted molar refractivity (Wildman–Crippen MR) is 155 cm³/mol. The van der Waals surface area contributed by atoms with Gasteiger partial charge in [-0.05, 0) is 55.0 Å². The van der Waals surface area contributed by atoms with Crippen LogP contribution in [-0.4, -0.2) is 33.9 Å². The van der Waals surface area contributed by atoms with Gasteiger partial charge in [0.25, 0.3) is 0 Å². The van der Waals surface area contributed by atoms with Crippen LogP contribution in [0.15, 0.2) is 101 Å². The summed E-state index contributed by atoms with van der Waals surface area (Å²) in [5.41, 5.74) is 4.86. The molecule has 1 unspecified atom stereocenters. The van der Waals surface area contributed by atoms with E-state index in [1.165, 1.54) is 10.8 Å². The number of hydrogen-bond acceptors (Lipinski definition) is 6. The van der Waals surface area contributed by atoms with E-state index < -0.39 is 0 Å². The summed E-state index contributed by atoms with van der Waals surface area (Å²) in [6.07, 6.45) is 0.748. The summed E-state index contributed by atoms with van der Waals surface area (Å²) in [5, 5.41) is 11.0. The van der Waals surface area contributed by atoms with E-state index in [0.29, 0.717) is 17.5 Å². The molecule has 0 radical (unpaired) electrons. The Morgan fingerprint density at radius 2 is 1.43 bits per heavy atom. The molecule has 0 bridgehead atoms. The van der Waals surface area contributed by atoms with Crippen LogP contribution in [0, 0.1) is 5.92 Å². The fourth-order valence-electron chi connectivity index (χ4n) is 4.76. The van der Waals surface area contributed by atoms with E-state index in [2.05, 4.69) is 75.4 Å². The number of carbonyl (C=O) groups is 1. The zero-order valence-corrected chi connectivity index (χ0v) is 22.4. The highest BCUT2D eigenvalue weighted by atomic mass is 16.6. The molecule has 1 atom stereocenters. The van der Waals surface area contributed by atoms with Gasteiger partial charge in [-0.25, -0.2) is 0 Å². The Balaban J connectivity index is 1.23. The number of aromatic nitrogens is 3. The minimum Gasteiger partial charge on any atom is -0.490 e. The normalized spacial score (nSPS) is 12.1. The standard InChI is InChI=1S/C33H29N3O4/c1-3-22(2)33(37)39-19-18-38-26-13-9-11-24(21-26)32-35-34-31(40-32)23-10-8-12-25(20-23)36-29-16-6-4-14-27(29)28-15-5-7-17-30(28)36/h4-17,20-22H,3,18-19H2,1-2H3. The van der Waals surface area contributed by atoms with Crippen molar-refractivity contribution in [1.82, 2.24) is 14.8 Å². The van der Waals surface area contributed by atoms with Crippen molar-refractivity contribution < 1.29 is 18.7 Å². The van der Waals surface area contributed by atoms with Crippen LogP contribution < -0.4 is 4.74 Å². The molecule has 40 heavy (non-hydrogen) atoms. The molecule has 200 valence electrons. The number of para-hydroxylation sites is 2. The second kappa shape index (κ2) is 11.1. The number of carbonyl (C=O) groups excluding carboxylic acids is 1. The SMILES string of the molecule is CCC(C)C(=O)OCCOc1cccc(-c2nnc(-c3cccc(-n4c5ccccc5c5ccccc54)c3)o2)c1. The average Bonchev–Trinajstić information content (AvgIpc) is 3.63. The Kier molecular flexibility index (Phi) is 7.02. The van der Waals surface area contributed by atoms with Crippen molar-refractivity contribution in [2.45, 2.75) is 20.3 Å². The summed E-state index contributed by atoms with van der Waals surface area (Å²) >= 11 is 0. The summed E-state index contributed by atoms with van der Waals surface area (Å²) in [4.78, 5) is 11.8. The van der Waals surface area contributed by atoms with Crippen LogP contribution in [0.4, 0.5) is 0 Å². The number of esters is 1. The molecule has 0 saturated heterocycles. The Labute approximate surface area is 232 Å². The number of fused-ring (bicyclic) bond motifs is 3. The van der Waals surface area contributed by atoms with Crippen molar-refractivity contribution in [3.8, 4) is 34.3 Å². The third-order valence-corrected chi connectivity index (χ3v) is 7.05. The van der Waals surface area contributed by atoms with Crippen LogP contribution in [0.5, 0.6) is 5.75 Å². The largest absolute Gasteiger partial charge is 0.490 e. The number of ether oxygens (including phenoxy) is 2. The number of hydrogen-bond donors (Lipinski definition) is 0. The van der Waals surface area contributed by atoms with Crippen molar-refractivity contribution in [2.75, 3.05) is 13.2 Å². The van der Waals surface area contributed by atoms with Crippen molar-refractivity contribution >= 4 is 27.8 Å². The first kappa shape index (κ1) is 25.4. The summed E-state index contributed by atoms with van der Waals surface area (Å²) in [7, 11) is 0. The predicted octanol–water partition coefficient (Wildman–Crippen LogP) is 7.47. The van der Waals surface area contributed by atoms with Gasteiger partial charge in [0, 0.05) is 27.6 Å². The smallest absolute Gasteiger partial charge is 0.308 e. The Hall–Kier alpha value is -4.91. The molecule has 0 saturated carbocycles. The Morgan fingerprint density at radius 3 is 2.10 bits per heavy atom. The summed E-state index contributed by atoms with van der Waals surface area (Å²) in [5.74, 6) is 1.13. The van der Waals surface area contributed by atoms with E-state index in [0.717, 1.165) is 34.3 Å². The van der Waals surface area contributed by atoms with E-state index in [1.807, 2.05) is 50.2 Å². The molecule has 6 rings (SSSR count). The maximum Gasteiger partial charge on any atom is 0.308 e. The molecule has 6 aromatic rings. The topological polar surface area (TPSA) is 79.4 Å². The van der Waals surface area contributed by atoms with Gasteiger partial charge in [0.1, 0.15) is 19.0 Å². The maximum absolute atomic E-state index is 11.8. The third-order valence-electron chi connectivity index (χ3n) is 7.05. The van der Waals surface area contributed by atoms with Crippen molar-refractivity contribution in [3.63, 3.8) is 0 Å². The van der Waals surface area contributed by atoms with Crippen molar-refractivity contribution in [3.05, 3.63) is 97.1 Å². The zero-order chi connectivity index (χ0) is 27.5. The minimum atomic E-state index is -0.208. The Morgan fingerprint density at radius 1 is 0.800 bits per heavy atom. The van der Waals surface area contributed by atoms with Gasteiger partial charge >= 0.3 is 5.97 Å². The van der Waals surface area contributed by atoms with Gasteiger partial charge in [0.15, 0.2) is 0 Å². The first-order chi connectivity index (χ1) is 19.6. The molecule has 0 N–H and O–H groups in total. The van der Waals surface area contributed by atoms with Crippen LogP contribution in [-0.2, 0) is 9.53 Å². The molecule has 0 amide bonds. The molecule has 2 aromatic heterocycles. The lowest BCUT2D eigenvalue weighted by molar-refractivity contribution is -0.148. The monoisotopic (exact) mass is 531 g/mol. The highest BCUT2D eigenvalue weighted by Crippen LogP contribution is 2.33. The lowest BCUT2D eigenvalue weighted by Crippen LogP contribution is -2.17. The van der Waals surface area contributed by atoms with Gasteiger partial charge in [0.05, 0.1) is 17.0 Å². The zero-order valence-electron chi connectivity index (χ0n) is 22.4. The maximum atomic E-state index is 11.8. The first-order valence-electron chi connectivity index (χ1n) is 13.4.